The molecule has 1 aromatic heterocycles. The Morgan fingerprint density at radius 1 is 1.07 bits per heavy atom. The standard InChI is InChI=1S/C22H16F3N3O2/c23-16-8-17(21(25)18(24)9-16)20(11-29)27-22(30)14-3-1-2-12(6-14)13-4-5-19-15(7-13)10-26-28-19/h1-10,20,29H,11H2,(H,26,28)(H,27,30). The second-order valence-electron chi connectivity index (χ2n) is 6.75. The van der Waals surface area contributed by atoms with Crippen molar-refractivity contribution in [3.8, 4) is 11.1 Å². The van der Waals surface area contributed by atoms with Crippen molar-refractivity contribution in [2.45, 2.75) is 6.04 Å². The molecule has 0 fully saturated rings. The lowest BCUT2D eigenvalue weighted by molar-refractivity contribution is 0.0914. The zero-order valence-electron chi connectivity index (χ0n) is 15.5. The van der Waals surface area contributed by atoms with Gasteiger partial charge in [-0.25, -0.2) is 13.2 Å². The highest BCUT2D eigenvalue weighted by Crippen LogP contribution is 2.25. The number of benzene rings is 3. The van der Waals surface area contributed by atoms with Gasteiger partial charge in [0.25, 0.3) is 5.91 Å². The summed E-state index contributed by atoms with van der Waals surface area (Å²) in [5.41, 5.74) is 2.27. The number of carbonyl (C=O) groups excluding carboxylic acids is 1. The second kappa shape index (κ2) is 8.00. The zero-order valence-corrected chi connectivity index (χ0v) is 15.5. The van der Waals surface area contributed by atoms with Crippen LogP contribution in [-0.2, 0) is 0 Å². The summed E-state index contributed by atoms with van der Waals surface area (Å²) in [6.07, 6.45) is 1.69. The number of nitrogens with zero attached hydrogens (tertiary/aromatic N) is 1. The number of nitrogens with one attached hydrogen (secondary N) is 2. The number of rotatable bonds is 5. The van der Waals surface area contributed by atoms with Crippen molar-refractivity contribution in [3.63, 3.8) is 0 Å². The van der Waals surface area contributed by atoms with Crippen molar-refractivity contribution >= 4 is 16.8 Å². The van der Waals surface area contributed by atoms with E-state index in [9.17, 15) is 23.1 Å². The molecule has 152 valence electrons. The van der Waals surface area contributed by atoms with E-state index >= 15 is 0 Å². The van der Waals surface area contributed by atoms with Crippen LogP contribution >= 0.6 is 0 Å². The normalized spacial score (nSPS) is 12.1. The van der Waals surface area contributed by atoms with Gasteiger partial charge in [-0.1, -0.05) is 18.2 Å². The van der Waals surface area contributed by atoms with E-state index in [1.165, 1.54) is 0 Å². The molecular formula is C22H16F3N3O2. The maximum atomic E-state index is 14.0. The third-order valence-electron chi connectivity index (χ3n) is 4.78. The Hall–Kier alpha value is -3.65. The first-order valence-corrected chi connectivity index (χ1v) is 9.06. The lowest BCUT2D eigenvalue weighted by Gasteiger charge is -2.18. The molecule has 5 nitrogen and oxygen atoms in total. The van der Waals surface area contributed by atoms with Crippen LogP contribution in [0, 0.1) is 17.5 Å². The molecule has 3 N–H and O–H groups in total. The number of amides is 1. The Labute approximate surface area is 169 Å². The average Bonchev–Trinajstić information content (AvgIpc) is 3.22. The second-order valence-corrected chi connectivity index (χ2v) is 6.75. The Bertz CT molecular complexity index is 1240. The molecule has 0 radical (unpaired) electrons. The third-order valence-corrected chi connectivity index (χ3v) is 4.78. The SMILES string of the molecule is O=C(NC(CO)c1cc(F)cc(F)c1F)c1cccc(-c2ccc3[nH]ncc3c2)c1. The first-order valence-electron chi connectivity index (χ1n) is 9.06. The van der Waals surface area contributed by atoms with Crippen LogP contribution in [0.15, 0.2) is 60.8 Å². The van der Waals surface area contributed by atoms with Gasteiger partial charge in [-0.05, 0) is 41.5 Å². The van der Waals surface area contributed by atoms with Gasteiger partial charge in [0.05, 0.1) is 24.4 Å². The number of H-pyrrole nitrogens is 1. The summed E-state index contributed by atoms with van der Waals surface area (Å²) in [4.78, 5) is 12.7. The first kappa shape index (κ1) is 19.7. The summed E-state index contributed by atoms with van der Waals surface area (Å²) in [6.45, 7) is -0.734. The maximum absolute atomic E-state index is 14.0. The number of aliphatic hydroxyl groups excluding tert-OH is 1. The summed E-state index contributed by atoms with van der Waals surface area (Å²) in [5, 5.41) is 19.7. The number of hydrogen-bond acceptors (Lipinski definition) is 3. The molecule has 0 saturated heterocycles. The molecule has 3 aromatic carbocycles. The van der Waals surface area contributed by atoms with Crippen molar-refractivity contribution in [1.29, 1.82) is 0 Å². The molecule has 8 heteroatoms. The van der Waals surface area contributed by atoms with Crippen LogP contribution in [0.4, 0.5) is 13.2 Å². The van der Waals surface area contributed by atoms with Gasteiger partial charge in [-0.3, -0.25) is 9.89 Å². The molecule has 0 spiro atoms. The van der Waals surface area contributed by atoms with E-state index in [-0.39, 0.29) is 5.56 Å². The highest BCUT2D eigenvalue weighted by Gasteiger charge is 2.22. The minimum atomic E-state index is -1.39. The largest absolute Gasteiger partial charge is 0.394 e. The van der Waals surface area contributed by atoms with E-state index in [1.54, 1.807) is 24.4 Å². The quantitative estimate of drug-likeness (QED) is 0.433. The Balaban J connectivity index is 1.61. The van der Waals surface area contributed by atoms with Gasteiger partial charge in [0.1, 0.15) is 5.82 Å². The van der Waals surface area contributed by atoms with Crippen molar-refractivity contribution in [2.75, 3.05) is 6.61 Å². The first-order chi connectivity index (χ1) is 14.5. The molecule has 1 amide bonds. The van der Waals surface area contributed by atoms with E-state index in [4.69, 9.17) is 0 Å². The number of aromatic nitrogens is 2. The molecular weight excluding hydrogens is 395 g/mol. The van der Waals surface area contributed by atoms with E-state index in [2.05, 4.69) is 15.5 Å². The monoisotopic (exact) mass is 411 g/mol. The fraction of sp³-hybridized carbons (Fsp3) is 0.0909. The topological polar surface area (TPSA) is 78.0 Å². The van der Waals surface area contributed by atoms with Crippen LogP contribution < -0.4 is 5.32 Å². The van der Waals surface area contributed by atoms with E-state index in [0.717, 1.165) is 28.1 Å². The average molecular weight is 411 g/mol. The van der Waals surface area contributed by atoms with Crippen molar-refractivity contribution in [3.05, 3.63) is 89.4 Å². The summed E-state index contributed by atoms with van der Waals surface area (Å²) in [6, 6.07) is 12.2. The van der Waals surface area contributed by atoms with E-state index in [0.29, 0.717) is 6.07 Å². The predicted molar refractivity (Wildman–Crippen MR) is 105 cm³/mol. The third kappa shape index (κ3) is 3.77. The van der Waals surface area contributed by atoms with E-state index < -0.39 is 41.6 Å². The van der Waals surface area contributed by atoms with Crippen molar-refractivity contribution in [1.82, 2.24) is 15.5 Å². The molecule has 0 aliphatic carbocycles. The molecule has 0 aliphatic rings. The fourth-order valence-electron chi connectivity index (χ4n) is 3.26. The lowest BCUT2D eigenvalue weighted by atomic mass is 10.0. The number of fused-ring (bicyclic) bond motifs is 1. The number of hydrogen-bond donors (Lipinski definition) is 3. The van der Waals surface area contributed by atoms with Gasteiger partial charge in [-0.2, -0.15) is 5.10 Å². The Morgan fingerprint density at radius 3 is 2.67 bits per heavy atom. The number of halogens is 3. The van der Waals surface area contributed by atoms with Gasteiger partial charge in [-0.15, -0.1) is 0 Å². The zero-order chi connectivity index (χ0) is 21.3. The molecule has 0 bridgehead atoms. The van der Waals surface area contributed by atoms with Crippen LogP contribution in [0.5, 0.6) is 0 Å². The van der Waals surface area contributed by atoms with Gasteiger partial charge in [0.15, 0.2) is 11.6 Å². The molecule has 30 heavy (non-hydrogen) atoms. The summed E-state index contributed by atoms with van der Waals surface area (Å²) in [7, 11) is 0. The van der Waals surface area contributed by atoms with E-state index in [1.807, 2.05) is 24.3 Å². The Kier molecular flexibility index (Phi) is 5.24. The molecule has 0 aliphatic heterocycles. The smallest absolute Gasteiger partial charge is 0.251 e. The van der Waals surface area contributed by atoms with Crippen LogP contribution in [0.1, 0.15) is 22.0 Å². The van der Waals surface area contributed by atoms with Gasteiger partial charge >= 0.3 is 0 Å². The van der Waals surface area contributed by atoms with Crippen molar-refractivity contribution < 1.29 is 23.1 Å². The number of carbonyl (C=O) groups is 1. The fourth-order valence-corrected chi connectivity index (χ4v) is 3.26. The van der Waals surface area contributed by atoms with Crippen LogP contribution in [-0.4, -0.2) is 27.8 Å². The van der Waals surface area contributed by atoms with Gasteiger partial charge in [0, 0.05) is 22.6 Å². The predicted octanol–water partition coefficient (Wildman–Crippen LogP) is 4.11. The molecule has 0 saturated carbocycles. The van der Waals surface area contributed by atoms with Gasteiger partial charge < -0.3 is 10.4 Å². The van der Waals surface area contributed by atoms with Crippen LogP contribution in [0.2, 0.25) is 0 Å². The van der Waals surface area contributed by atoms with Crippen LogP contribution in [0.3, 0.4) is 0 Å². The highest BCUT2D eigenvalue weighted by atomic mass is 19.2. The van der Waals surface area contributed by atoms with Gasteiger partial charge in [0.2, 0.25) is 0 Å². The molecule has 1 atom stereocenters. The lowest BCUT2D eigenvalue weighted by Crippen LogP contribution is -2.31. The van der Waals surface area contributed by atoms with Crippen LogP contribution in [0.25, 0.3) is 22.0 Å². The molecule has 1 heterocycles. The highest BCUT2D eigenvalue weighted by molar-refractivity contribution is 5.96. The number of aliphatic hydroxyl groups is 1. The number of aromatic amines is 1. The Morgan fingerprint density at radius 2 is 1.87 bits per heavy atom. The summed E-state index contributed by atoms with van der Waals surface area (Å²) in [5.74, 6) is -4.34. The molecule has 4 rings (SSSR count). The molecule has 1 unspecified atom stereocenters. The minimum absolute atomic E-state index is 0.246. The summed E-state index contributed by atoms with van der Waals surface area (Å²) >= 11 is 0. The summed E-state index contributed by atoms with van der Waals surface area (Å²) < 4.78 is 41.0. The maximum Gasteiger partial charge on any atom is 0.251 e. The minimum Gasteiger partial charge on any atom is -0.394 e. The molecule has 4 aromatic rings. The van der Waals surface area contributed by atoms with Crippen molar-refractivity contribution in [2.24, 2.45) is 0 Å².